The first-order chi connectivity index (χ1) is 13.3. The minimum atomic E-state index is -0.310. The second kappa shape index (κ2) is 9.18. The first-order valence-corrected chi connectivity index (χ1v) is 8.65. The molecule has 27 heavy (non-hydrogen) atoms. The van der Waals surface area contributed by atoms with Crippen LogP contribution in [-0.2, 0) is 0 Å². The van der Waals surface area contributed by atoms with Gasteiger partial charge in [-0.3, -0.25) is 0 Å². The van der Waals surface area contributed by atoms with Crippen molar-refractivity contribution in [3.8, 4) is 35.2 Å². The Bertz CT molecular complexity index is 943. The van der Waals surface area contributed by atoms with Crippen molar-refractivity contribution in [2.45, 2.75) is 5.92 Å². The monoisotopic (exact) mass is 352 g/mol. The van der Waals surface area contributed by atoms with Crippen molar-refractivity contribution in [3.63, 3.8) is 0 Å². The molecule has 0 saturated carbocycles. The molecule has 3 rings (SSSR count). The Morgan fingerprint density at radius 2 is 1.22 bits per heavy atom. The fourth-order valence-corrected chi connectivity index (χ4v) is 2.61. The molecule has 0 aliphatic carbocycles. The fraction of sp³-hybridized carbons (Fsp3) is 0.120. The molecule has 0 unspecified atom stereocenters. The molecule has 0 saturated heterocycles. The number of hydrogen-bond acceptors (Lipinski definition) is 2. The van der Waals surface area contributed by atoms with Crippen LogP contribution in [-0.4, -0.2) is 14.2 Å². The van der Waals surface area contributed by atoms with Gasteiger partial charge in [-0.05, 0) is 42.5 Å². The molecule has 0 amide bonds. The van der Waals surface area contributed by atoms with Crippen LogP contribution in [0.1, 0.15) is 22.6 Å². The van der Waals surface area contributed by atoms with Gasteiger partial charge in [0.05, 0.1) is 14.2 Å². The van der Waals surface area contributed by atoms with Gasteiger partial charge in [0.1, 0.15) is 17.4 Å². The first-order valence-electron chi connectivity index (χ1n) is 8.65. The summed E-state index contributed by atoms with van der Waals surface area (Å²) in [5.74, 6) is 14.2. The summed E-state index contributed by atoms with van der Waals surface area (Å²) >= 11 is 0. The lowest BCUT2D eigenvalue weighted by Gasteiger charge is -2.12. The molecule has 0 aromatic heterocycles. The summed E-state index contributed by atoms with van der Waals surface area (Å²) in [6.07, 6.45) is 0. The Morgan fingerprint density at radius 3 is 1.70 bits per heavy atom. The van der Waals surface area contributed by atoms with E-state index in [2.05, 4.69) is 23.7 Å². The molecule has 0 atom stereocenters. The van der Waals surface area contributed by atoms with Gasteiger partial charge in [0.2, 0.25) is 0 Å². The summed E-state index contributed by atoms with van der Waals surface area (Å²) in [6, 6.07) is 25.5. The molecule has 3 aromatic carbocycles. The van der Waals surface area contributed by atoms with E-state index in [-0.39, 0.29) is 5.92 Å². The highest BCUT2D eigenvalue weighted by atomic mass is 16.5. The molecular weight excluding hydrogens is 332 g/mol. The van der Waals surface area contributed by atoms with Gasteiger partial charge < -0.3 is 9.47 Å². The third-order valence-corrected chi connectivity index (χ3v) is 4.02. The van der Waals surface area contributed by atoms with E-state index in [0.29, 0.717) is 0 Å². The van der Waals surface area contributed by atoms with Crippen LogP contribution >= 0.6 is 0 Å². The van der Waals surface area contributed by atoms with Gasteiger partial charge in [0.15, 0.2) is 0 Å². The van der Waals surface area contributed by atoms with Crippen molar-refractivity contribution >= 4 is 0 Å². The van der Waals surface area contributed by atoms with E-state index < -0.39 is 0 Å². The molecule has 0 N–H and O–H groups in total. The van der Waals surface area contributed by atoms with E-state index in [0.717, 1.165) is 28.2 Å². The maximum Gasteiger partial charge on any atom is 0.124 e. The third-order valence-electron chi connectivity index (χ3n) is 4.02. The lowest BCUT2D eigenvalue weighted by atomic mass is 9.97. The largest absolute Gasteiger partial charge is 0.497 e. The molecule has 0 aliphatic heterocycles. The minimum absolute atomic E-state index is 0.310. The van der Waals surface area contributed by atoms with Crippen molar-refractivity contribution in [1.82, 2.24) is 0 Å². The first kappa shape index (κ1) is 18.2. The van der Waals surface area contributed by atoms with Crippen LogP contribution < -0.4 is 9.47 Å². The Morgan fingerprint density at radius 1 is 0.667 bits per heavy atom. The van der Waals surface area contributed by atoms with Gasteiger partial charge in [-0.1, -0.05) is 60.1 Å². The molecule has 0 fully saturated rings. The SMILES string of the molecule is COc1ccc(OC)c(C(C#Cc2ccccc2)C#Cc2ccccc2)c1. The molecule has 0 heterocycles. The molecule has 3 aromatic rings. The predicted molar refractivity (Wildman–Crippen MR) is 109 cm³/mol. The van der Waals surface area contributed by atoms with Crippen LogP contribution in [0.2, 0.25) is 0 Å². The normalized spacial score (nSPS) is 9.59. The van der Waals surface area contributed by atoms with Gasteiger partial charge in [-0.15, -0.1) is 0 Å². The van der Waals surface area contributed by atoms with Crippen molar-refractivity contribution < 1.29 is 9.47 Å². The van der Waals surface area contributed by atoms with Crippen LogP contribution in [0.25, 0.3) is 0 Å². The van der Waals surface area contributed by atoms with E-state index in [1.165, 1.54) is 0 Å². The zero-order chi connectivity index (χ0) is 18.9. The van der Waals surface area contributed by atoms with E-state index >= 15 is 0 Å². The van der Waals surface area contributed by atoms with Crippen LogP contribution in [0.5, 0.6) is 11.5 Å². The second-order valence-corrected chi connectivity index (χ2v) is 5.81. The summed E-state index contributed by atoms with van der Waals surface area (Å²) in [4.78, 5) is 0. The van der Waals surface area contributed by atoms with E-state index in [1.807, 2.05) is 78.9 Å². The van der Waals surface area contributed by atoms with Crippen molar-refractivity contribution in [3.05, 3.63) is 95.6 Å². The van der Waals surface area contributed by atoms with Crippen molar-refractivity contribution in [2.24, 2.45) is 0 Å². The van der Waals surface area contributed by atoms with Gasteiger partial charge in [0.25, 0.3) is 0 Å². The van der Waals surface area contributed by atoms with Crippen LogP contribution in [0, 0.1) is 23.7 Å². The van der Waals surface area contributed by atoms with Gasteiger partial charge in [-0.25, -0.2) is 0 Å². The Labute approximate surface area is 160 Å². The molecular formula is C25H20O2. The summed E-state index contributed by atoms with van der Waals surface area (Å²) < 4.78 is 10.9. The lowest BCUT2D eigenvalue weighted by Crippen LogP contribution is -1.99. The number of ether oxygens (including phenoxy) is 2. The zero-order valence-corrected chi connectivity index (χ0v) is 15.4. The second-order valence-electron chi connectivity index (χ2n) is 5.81. The Kier molecular flexibility index (Phi) is 6.18. The average Bonchev–Trinajstić information content (AvgIpc) is 2.75. The molecule has 0 spiro atoms. The van der Waals surface area contributed by atoms with Gasteiger partial charge >= 0.3 is 0 Å². The van der Waals surface area contributed by atoms with E-state index in [1.54, 1.807) is 14.2 Å². The number of rotatable bonds is 3. The summed E-state index contributed by atoms with van der Waals surface area (Å²) in [5, 5.41) is 0. The maximum absolute atomic E-state index is 5.54. The Balaban J connectivity index is 2.05. The van der Waals surface area contributed by atoms with Gasteiger partial charge in [0, 0.05) is 16.7 Å². The Hall–Kier alpha value is -3.62. The molecule has 2 nitrogen and oxygen atoms in total. The molecule has 0 radical (unpaired) electrons. The zero-order valence-electron chi connectivity index (χ0n) is 15.4. The predicted octanol–water partition coefficient (Wildman–Crippen LogP) is 4.89. The summed E-state index contributed by atoms with van der Waals surface area (Å²) in [7, 11) is 3.30. The lowest BCUT2D eigenvalue weighted by molar-refractivity contribution is 0.399. The fourth-order valence-electron chi connectivity index (χ4n) is 2.61. The van der Waals surface area contributed by atoms with Crippen molar-refractivity contribution in [1.29, 1.82) is 0 Å². The number of hydrogen-bond donors (Lipinski definition) is 0. The molecule has 2 heteroatoms. The highest BCUT2D eigenvalue weighted by Gasteiger charge is 2.13. The molecule has 0 bridgehead atoms. The van der Waals surface area contributed by atoms with Crippen LogP contribution in [0.3, 0.4) is 0 Å². The summed E-state index contributed by atoms with van der Waals surface area (Å²) in [5.41, 5.74) is 2.79. The standard InChI is InChI=1S/C25H20O2/c1-26-23-17-18-25(27-2)24(19-23)22(15-13-20-9-5-3-6-10-20)16-14-21-11-7-4-8-12-21/h3-12,17-19,22H,1-2H3. The number of methoxy groups -OCH3 is 2. The third kappa shape index (κ3) is 4.94. The average molecular weight is 352 g/mol. The molecule has 132 valence electrons. The smallest absolute Gasteiger partial charge is 0.124 e. The van der Waals surface area contributed by atoms with Crippen LogP contribution in [0.15, 0.2) is 78.9 Å². The topological polar surface area (TPSA) is 18.5 Å². The minimum Gasteiger partial charge on any atom is -0.497 e. The molecule has 0 aliphatic rings. The van der Waals surface area contributed by atoms with Gasteiger partial charge in [-0.2, -0.15) is 0 Å². The maximum atomic E-state index is 5.54. The number of benzene rings is 3. The quantitative estimate of drug-likeness (QED) is 0.625. The highest BCUT2D eigenvalue weighted by molar-refractivity contribution is 5.52. The highest BCUT2D eigenvalue weighted by Crippen LogP contribution is 2.30. The van der Waals surface area contributed by atoms with Crippen molar-refractivity contribution in [2.75, 3.05) is 14.2 Å². The van der Waals surface area contributed by atoms with E-state index in [9.17, 15) is 0 Å². The summed E-state index contributed by atoms with van der Waals surface area (Å²) in [6.45, 7) is 0. The van der Waals surface area contributed by atoms with E-state index in [4.69, 9.17) is 9.47 Å². The van der Waals surface area contributed by atoms with Crippen LogP contribution in [0.4, 0.5) is 0 Å².